The van der Waals surface area contributed by atoms with E-state index in [0.29, 0.717) is 10.7 Å². The average Bonchev–Trinajstić information content (AvgIpc) is 3.03. The number of nitrogens with one attached hydrogen (secondary N) is 1. The lowest BCUT2D eigenvalue weighted by atomic mass is 9.89. The van der Waals surface area contributed by atoms with Crippen molar-refractivity contribution < 1.29 is 0 Å². The lowest BCUT2D eigenvalue weighted by Gasteiger charge is -2.21. The summed E-state index contributed by atoms with van der Waals surface area (Å²) in [6, 6.07) is 8.48. The molecule has 0 bridgehead atoms. The molecule has 1 aliphatic carbocycles. The van der Waals surface area contributed by atoms with Gasteiger partial charge in [-0.05, 0) is 56.6 Å². The minimum atomic E-state index is 0.462. The van der Waals surface area contributed by atoms with Gasteiger partial charge in [0.05, 0.1) is 6.21 Å². The first-order valence-electron chi connectivity index (χ1n) is 9.29. The highest BCUT2D eigenvalue weighted by atomic mass is 32.1. The van der Waals surface area contributed by atoms with Crippen molar-refractivity contribution in [3.63, 3.8) is 0 Å². The standard InChI is InChI=1S/C19H27N5S/c1-3-23(4-2)17-12-10-15(11-13-17)14-20-24-18(21-22-19(24)25)16-8-6-5-7-9-16/h10-14,16H,3-9H2,1-2H3,(H,22,25). The highest BCUT2D eigenvalue weighted by Gasteiger charge is 2.21. The van der Waals surface area contributed by atoms with Gasteiger partial charge in [-0.3, -0.25) is 5.10 Å². The predicted octanol–water partition coefficient (Wildman–Crippen LogP) is 4.72. The smallest absolute Gasteiger partial charge is 0.216 e. The molecule has 0 amide bonds. The van der Waals surface area contributed by atoms with Crippen LogP contribution < -0.4 is 4.90 Å². The first kappa shape index (κ1) is 17.9. The van der Waals surface area contributed by atoms with E-state index in [4.69, 9.17) is 12.2 Å². The predicted molar refractivity (Wildman–Crippen MR) is 106 cm³/mol. The summed E-state index contributed by atoms with van der Waals surface area (Å²) in [7, 11) is 0. The lowest BCUT2D eigenvalue weighted by Crippen LogP contribution is -2.21. The summed E-state index contributed by atoms with van der Waals surface area (Å²) in [6.45, 7) is 6.37. The third-order valence-corrected chi connectivity index (χ3v) is 5.25. The molecular weight excluding hydrogens is 330 g/mol. The molecule has 5 nitrogen and oxygen atoms in total. The summed E-state index contributed by atoms with van der Waals surface area (Å²) >= 11 is 5.37. The zero-order valence-electron chi connectivity index (χ0n) is 15.1. The Morgan fingerprint density at radius 2 is 1.88 bits per heavy atom. The fourth-order valence-electron chi connectivity index (χ4n) is 3.52. The topological polar surface area (TPSA) is 49.2 Å². The van der Waals surface area contributed by atoms with Crippen molar-refractivity contribution in [3.05, 3.63) is 40.4 Å². The number of nitrogens with zero attached hydrogens (tertiary/aromatic N) is 4. The van der Waals surface area contributed by atoms with Crippen LogP contribution in [0.25, 0.3) is 0 Å². The fourth-order valence-corrected chi connectivity index (χ4v) is 3.71. The Hall–Kier alpha value is -1.95. The molecule has 1 heterocycles. The molecule has 134 valence electrons. The molecule has 6 heteroatoms. The van der Waals surface area contributed by atoms with Gasteiger partial charge in [0.1, 0.15) is 0 Å². The number of benzene rings is 1. The first-order chi connectivity index (χ1) is 12.2. The van der Waals surface area contributed by atoms with Crippen molar-refractivity contribution >= 4 is 24.1 Å². The highest BCUT2D eigenvalue weighted by molar-refractivity contribution is 7.71. The maximum Gasteiger partial charge on any atom is 0.216 e. The highest BCUT2D eigenvalue weighted by Crippen LogP contribution is 2.31. The Kier molecular flexibility index (Phi) is 6.02. The zero-order valence-corrected chi connectivity index (χ0v) is 15.9. The van der Waals surface area contributed by atoms with Crippen molar-refractivity contribution in [2.24, 2.45) is 5.10 Å². The minimum absolute atomic E-state index is 0.462. The molecular formula is C19H27N5S. The number of H-pyrrole nitrogens is 1. The maximum absolute atomic E-state index is 5.37. The third kappa shape index (κ3) is 4.18. The second-order valence-electron chi connectivity index (χ2n) is 6.54. The van der Waals surface area contributed by atoms with Crippen LogP contribution in [-0.2, 0) is 0 Å². The number of aromatic amines is 1. The van der Waals surface area contributed by atoms with Crippen LogP contribution >= 0.6 is 12.2 Å². The van der Waals surface area contributed by atoms with E-state index in [1.165, 1.54) is 37.8 Å². The fraction of sp³-hybridized carbons (Fsp3) is 0.526. The van der Waals surface area contributed by atoms with E-state index in [1.807, 2.05) is 6.21 Å². The summed E-state index contributed by atoms with van der Waals surface area (Å²) < 4.78 is 2.36. The van der Waals surface area contributed by atoms with Crippen LogP contribution in [0.3, 0.4) is 0 Å². The van der Waals surface area contributed by atoms with Crippen LogP contribution in [0, 0.1) is 4.77 Å². The van der Waals surface area contributed by atoms with E-state index < -0.39 is 0 Å². The normalized spacial score (nSPS) is 15.8. The Balaban J connectivity index is 1.78. The number of rotatable bonds is 6. The summed E-state index contributed by atoms with van der Waals surface area (Å²) in [4.78, 5) is 2.33. The van der Waals surface area contributed by atoms with Crippen molar-refractivity contribution in [3.8, 4) is 0 Å². The van der Waals surface area contributed by atoms with Gasteiger partial charge < -0.3 is 4.90 Å². The molecule has 0 spiro atoms. The van der Waals surface area contributed by atoms with E-state index in [9.17, 15) is 0 Å². The molecule has 1 N–H and O–H groups in total. The lowest BCUT2D eigenvalue weighted by molar-refractivity contribution is 0.419. The van der Waals surface area contributed by atoms with E-state index >= 15 is 0 Å². The van der Waals surface area contributed by atoms with Gasteiger partial charge in [-0.15, -0.1) is 0 Å². The van der Waals surface area contributed by atoms with Gasteiger partial charge in [-0.2, -0.15) is 14.9 Å². The van der Waals surface area contributed by atoms with Crippen LogP contribution in [0.2, 0.25) is 0 Å². The van der Waals surface area contributed by atoms with Crippen LogP contribution in [0.1, 0.15) is 63.3 Å². The molecule has 0 radical (unpaired) electrons. The molecule has 1 aromatic carbocycles. The zero-order chi connectivity index (χ0) is 17.6. The molecule has 1 fully saturated rings. The van der Waals surface area contributed by atoms with Crippen LogP contribution in [0.4, 0.5) is 5.69 Å². The van der Waals surface area contributed by atoms with Gasteiger partial charge in [-0.1, -0.05) is 31.4 Å². The largest absolute Gasteiger partial charge is 0.372 e. The SMILES string of the molecule is CCN(CC)c1ccc(C=Nn2c(C3CCCCC3)n[nH]c2=S)cc1. The van der Waals surface area contributed by atoms with E-state index in [2.05, 4.69) is 58.3 Å². The van der Waals surface area contributed by atoms with Crippen molar-refractivity contribution in [1.82, 2.24) is 14.9 Å². The second-order valence-corrected chi connectivity index (χ2v) is 6.93. The molecule has 25 heavy (non-hydrogen) atoms. The summed E-state index contributed by atoms with van der Waals surface area (Å²) in [6.07, 6.45) is 8.07. The van der Waals surface area contributed by atoms with Gasteiger partial charge in [0.25, 0.3) is 0 Å². The third-order valence-electron chi connectivity index (χ3n) is 4.99. The summed E-state index contributed by atoms with van der Waals surface area (Å²) in [5, 5.41) is 11.9. The Morgan fingerprint density at radius 1 is 1.20 bits per heavy atom. The van der Waals surface area contributed by atoms with E-state index in [1.54, 1.807) is 4.68 Å². The Morgan fingerprint density at radius 3 is 2.52 bits per heavy atom. The number of anilines is 1. The van der Waals surface area contributed by atoms with Crippen LogP contribution in [-0.4, -0.2) is 34.2 Å². The van der Waals surface area contributed by atoms with E-state index in [-0.39, 0.29) is 0 Å². The van der Waals surface area contributed by atoms with Gasteiger partial charge in [0.15, 0.2) is 5.82 Å². The average molecular weight is 358 g/mol. The second kappa shape index (κ2) is 8.43. The van der Waals surface area contributed by atoms with Crippen LogP contribution in [0.15, 0.2) is 29.4 Å². The van der Waals surface area contributed by atoms with Crippen LogP contribution in [0.5, 0.6) is 0 Å². The van der Waals surface area contributed by atoms with E-state index in [0.717, 1.165) is 24.5 Å². The quantitative estimate of drug-likeness (QED) is 0.601. The van der Waals surface area contributed by atoms with Gasteiger partial charge in [-0.25, -0.2) is 0 Å². The monoisotopic (exact) mass is 357 g/mol. The van der Waals surface area contributed by atoms with Gasteiger partial charge in [0.2, 0.25) is 4.77 Å². The molecule has 0 atom stereocenters. The summed E-state index contributed by atoms with van der Waals surface area (Å²) in [5.74, 6) is 1.43. The number of aromatic nitrogens is 3. The van der Waals surface area contributed by atoms with Gasteiger partial charge >= 0.3 is 0 Å². The van der Waals surface area contributed by atoms with Gasteiger partial charge in [0, 0.05) is 24.7 Å². The Bertz CT molecular complexity index is 749. The Labute approximate surface area is 154 Å². The number of hydrogen-bond acceptors (Lipinski definition) is 4. The van der Waals surface area contributed by atoms with Crippen molar-refractivity contribution in [2.75, 3.05) is 18.0 Å². The molecule has 1 aliphatic rings. The van der Waals surface area contributed by atoms with Crippen molar-refractivity contribution in [1.29, 1.82) is 0 Å². The molecule has 0 unspecified atom stereocenters. The molecule has 1 saturated carbocycles. The molecule has 0 aliphatic heterocycles. The molecule has 2 aromatic rings. The molecule has 1 aromatic heterocycles. The minimum Gasteiger partial charge on any atom is -0.372 e. The first-order valence-corrected chi connectivity index (χ1v) is 9.70. The summed E-state index contributed by atoms with van der Waals surface area (Å²) in [5.41, 5.74) is 2.30. The maximum atomic E-state index is 5.37. The number of hydrogen-bond donors (Lipinski definition) is 1. The molecule has 3 rings (SSSR count). The van der Waals surface area contributed by atoms with Crippen molar-refractivity contribution in [2.45, 2.75) is 51.9 Å². The molecule has 0 saturated heterocycles.